The van der Waals surface area contributed by atoms with Crippen LogP contribution < -0.4 is 4.74 Å². The van der Waals surface area contributed by atoms with Crippen LogP contribution in [0.3, 0.4) is 0 Å². The fraction of sp³-hybridized carbons (Fsp3) is 0.429. The first-order valence-corrected chi connectivity index (χ1v) is 6.72. The first-order chi connectivity index (χ1) is 9.51. The monoisotopic (exact) mass is 297 g/mol. The molecule has 0 radical (unpaired) electrons. The quantitative estimate of drug-likeness (QED) is 0.920. The summed E-state index contributed by atoms with van der Waals surface area (Å²) >= 11 is 6.09. The van der Waals surface area contributed by atoms with E-state index in [1.807, 2.05) is 0 Å². The molecule has 1 N–H and O–H groups in total. The zero-order valence-corrected chi connectivity index (χ0v) is 11.9. The standard InChI is InChI=1S/C14H16ClNO4/c1-20-11-3-2-9(12(15)7-11)6-13(17)16-5-4-10(8-16)14(18)19/h2-3,7,10H,4-6,8H2,1H3,(H,18,19). The lowest BCUT2D eigenvalue weighted by Crippen LogP contribution is -2.31. The maximum absolute atomic E-state index is 12.1. The van der Waals surface area contributed by atoms with Crippen LogP contribution in [0, 0.1) is 5.92 Å². The highest BCUT2D eigenvalue weighted by molar-refractivity contribution is 6.31. The fourth-order valence-electron chi connectivity index (χ4n) is 2.26. The molecule has 5 nitrogen and oxygen atoms in total. The molecule has 1 fully saturated rings. The van der Waals surface area contributed by atoms with E-state index in [2.05, 4.69) is 0 Å². The van der Waals surface area contributed by atoms with Gasteiger partial charge in [-0.25, -0.2) is 0 Å². The first-order valence-electron chi connectivity index (χ1n) is 6.34. The van der Waals surface area contributed by atoms with Crippen molar-refractivity contribution in [3.05, 3.63) is 28.8 Å². The first kappa shape index (κ1) is 14.7. The van der Waals surface area contributed by atoms with Crippen molar-refractivity contribution >= 4 is 23.5 Å². The van der Waals surface area contributed by atoms with Gasteiger partial charge in [-0.15, -0.1) is 0 Å². The number of aliphatic carboxylic acids is 1. The van der Waals surface area contributed by atoms with Gasteiger partial charge in [0.25, 0.3) is 0 Å². The van der Waals surface area contributed by atoms with Gasteiger partial charge in [0.05, 0.1) is 19.4 Å². The number of carboxylic acids is 1. The number of methoxy groups -OCH3 is 1. The van der Waals surface area contributed by atoms with Gasteiger partial charge in [0.2, 0.25) is 5.91 Å². The lowest BCUT2D eigenvalue weighted by Gasteiger charge is -2.16. The number of carboxylic acid groups (broad SMARTS) is 1. The van der Waals surface area contributed by atoms with E-state index in [1.54, 1.807) is 30.2 Å². The minimum absolute atomic E-state index is 0.0965. The normalized spacial score (nSPS) is 18.1. The van der Waals surface area contributed by atoms with Gasteiger partial charge in [-0.3, -0.25) is 9.59 Å². The van der Waals surface area contributed by atoms with Crippen molar-refractivity contribution in [1.29, 1.82) is 0 Å². The Kier molecular flexibility index (Phi) is 4.49. The molecular weight excluding hydrogens is 282 g/mol. The van der Waals surface area contributed by atoms with E-state index >= 15 is 0 Å². The molecule has 108 valence electrons. The van der Waals surface area contributed by atoms with Crippen LogP contribution in [0.25, 0.3) is 0 Å². The van der Waals surface area contributed by atoms with Crippen LogP contribution >= 0.6 is 11.6 Å². The molecule has 1 atom stereocenters. The van der Waals surface area contributed by atoms with E-state index in [0.29, 0.717) is 23.7 Å². The zero-order chi connectivity index (χ0) is 14.7. The average Bonchev–Trinajstić information content (AvgIpc) is 2.91. The number of ether oxygens (including phenoxy) is 1. The summed E-state index contributed by atoms with van der Waals surface area (Å²) in [6.07, 6.45) is 0.687. The molecule has 1 aliphatic rings. The molecule has 2 rings (SSSR count). The number of nitrogens with zero attached hydrogens (tertiary/aromatic N) is 1. The molecule has 1 saturated heterocycles. The number of hydrogen-bond donors (Lipinski definition) is 1. The number of amides is 1. The molecule has 0 aliphatic carbocycles. The Labute approximate surface area is 122 Å². The van der Waals surface area contributed by atoms with E-state index < -0.39 is 11.9 Å². The van der Waals surface area contributed by atoms with Gasteiger partial charge in [-0.05, 0) is 24.1 Å². The molecule has 1 aromatic carbocycles. The number of likely N-dealkylation sites (tertiary alicyclic amines) is 1. The Bertz CT molecular complexity index is 532. The molecular formula is C14H16ClNO4. The minimum Gasteiger partial charge on any atom is -0.497 e. The van der Waals surface area contributed by atoms with Gasteiger partial charge in [0, 0.05) is 18.1 Å². The molecule has 1 amide bonds. The molecule has 0 aromatic heterocycles. The predicted octanol–water partition coefficient (Wildman–Crippen LogP) is 1.82. The number of benzene rings is 1. The van der Waals surface area contributed by atoms with Crippen molar-refractivity contribution in [2.24, 2.45) is 5.92 Å². The van der Waals surface area contributed by atoms with Gasteiger partial charge in [-0.2, -0.15) is 0 Å². The fourth-order valence-corrected chi connectivity index (χ4v) is 2.50. The number of halogens is 1. The largest absolute Gasteiger partial charge is 0.497 e. The number of carbonyl (C=O) groups is 2. The highest BCUT2D eigenvalue weighted by Gasteiger charge is 2.30. The molecule has 1 aromatic rings. The van der Waals surface area contributed by atoms with Gasteiger partial charge < -0.3 is 14.7 Å². The maximum Gasteiger partial charge on any atom is 0.308 e. The van der Waals surface area contributed by atoms with Crippen molar-refractivity contribution in [2.75, 3.05) is 20.2 Å². The summed E-state index contributed by atoms with van der Waals surface area (Å²) in [6, 6.07) is 5.16. The van der Waals surface area contributed by atoms with Crippen molar-refractivity contribution < 1.29 is 19.4 Å². The second-order valence-electron chi connectivity index (χ2n) is 4.80. The second kappa shape index (κ2) is 6.13. The van der Waals surface area contributed by atoms with Crippen LogP contribution in [0.2, 0.25) is 5.02 Å². The Balaban J connectivity index is 2.00. The molecule has 6 heteroatoms. The van der Waals surface area contributed by atoms with Crippen LogP contribution in [0.15, 0.2) is 18.2 Å². The third-order valence-electron chi connectivity index (χ3n) is 3.49. The van der Waals surface area contributed by atoms with E-state index in [1.165, 1.54) is 0 Å². The molecule has 20 heavy (non-hydrogen) atoms. The average molecular weight is 298 g/mol. The van der Waals surface area contributed by atoms with Gasteiger partial charge in [0.1, 0.15) is 5.75 Å². The summed E-state index contributed by atoms with van der Waals surface area (Å²) in [5, 5.41) is 9.41. The number of hydrogen-bond acceptors (Lipinski definition) is 3. The zero-order valence-electron chi connectivity index (χ0n) is 11.1. The topological polar surface area (TPSA) is 66.8 Å². The number of carbonyl (C=O) groups excluding carboxylic acids is 1. The lowest BCUT2D eigenvalue weighted by atomic mass is 10.1. The molecule has 0 saturated carbocycles. The molecule has 1 aliphatic heterocycles. The summed E-state index contributed by atoms with van der Waals surface area (Å²) in [5.74, 6) is -0.757. The Morgan fingerprint density at radius 2 is 2.25 bits per heavy atom. The number of rotatable bonds is 4. The molecule has 0 bridgehead atoms. The molecule has 0 spiro atoms. The third kappa shape index (κ3) is 3.22. The van der Waals surface area contributed by atoms with E-state index in [0.717, 1.165) is 5.56 Å². The summed E-state index contributed by atoms with van der Waals surface area (Å²) in [6.45, 7) is 0.769. The van der Waals surface area contributed by atoms with Crippen LogP contribution in [0.1, 0.15) is 12.0 Å². The third-order valence-corrected chi connectivity index (χ3v) is 3.84. The van der Waals surface area contributed by atoms with Gasteiger partial charge >= 0.3 is 5.97 Å². The Hall–Kier alpha value is -1.75. The predicted molar refractivity (Wildman–Crippen MR) is 74.0 cm³/mol. The maximum atomic E-state index is 12.1. The van der Waals surface area contributed by atoms with Crippen molar-refractivity contribution in [3.63, 3.8) is 0 Å². The van der Waals surface area contributed by atoms with Crippen LogP contribution in [0.5, 0.6) is 5.75 Å². The van der Waals surface area contributed by atoms with Crippen LogP contribution in [0.4, 0.5) is 0 Å². The summed E-state index contributed by atoms with van der Waals surface area (Å²) < 4.78 is 5.05. The van der Waals surface area contributed by atoms with Crippen molar-refractivity contribution in [3.8, 4) is 5.75 Å². The highest BCUT2D eigenvalue weighted by atomic mass is 35.5. The second-order valence-corrected chi connectivity index (χ2v) is 5.20. The Morgan fingerprint density at radius 1 is 1.50 bits per heavy atom. The summed E-state index contributed by atoms with van der Waals surface area (Å²) in [7, 11) is 1.55. The van der Waals surface area contributed by atoms with Crippen LogP contribution in [-0.2, 0) is 16.0 Å². The molecule has 1 heterocycles. The van der Waals surface area contributed by atoms with E-state index in [-0.39, 0.29) is 18.9 Å². The lowest BCUT2D eigenvalue weighted by molar-refractivity contribution is -0.141. The SMILES string of the molecule is COc1ccc(CC(=O)N2CCC(C(=O)O)C2)c(Cl)c1. The van der Waals surface area contributed by atoms with Crippen molar-refractivity contribution in [2.45, 2.75) is 12.8 Å². The van der Waals surface area contributed by atoms with Crippen LogP contribution in [-0.4, -0.2) is 42.1 Å². The smallest absolute Gasteiger partial charge is 0.308 e. The van der Waals surface area contributed by atoms with E-state index in [9.17, 15) is 9.59 Å². The summed E-state index contributed by atoms with van der Waals surface area (Å²) in [5.41, 5.74) is 0.719. The minimum atomic E-state index is -0.845. The Morgan fingerprint density at radius 3 is 2.80 bits per heavy atom. The van der Waals surface area contributed by atoms with E-state index in [4.69, 9.17) is 21.4 Å². The van der Waals surface area contributed by atoms with Gasteiger partial charge in [0.15, 0.2) is 0 Å². The van der Waals surface area contributed by atoms with Gasteiger partial charge in [-0.1, -0.05) is 17.7 Å². The van der Waals surface area contributed by atoms with Crippen molar-refractivity contribution in [1.82, 2.24) is 4.90 Å². The highest BCUT2D eigenvalue weighted by Crippen LogP contribution is 2.24. The molecule has 1 unspecified atom stereocenters. The summed E-state index contributed by atoms with van der Waals surface area (Å²) in [4.78, 5) is 24.6.